The van der Waals surface area contributed by atoms with Crippen molar-refractivity contribution in [3.63, 3.8) is 0 Å². The highest BCUT2D eigenvalue weighted by molar-refractivity contribution is 5.33. The van der Waals surface area contributed by atoms with Crippen molar-refractivity contribution >= 4 is 0 Å². The summed E-state index contributed by atoms with van der Waals surface area (Å²) in [6, 6.07) is 8.82. The van der Waals surface area contributed by atoms with E-state index >= 15 is 0 Å². The van der Waals surface area contributed by atoms with Gasteiger partial charge in [-0.1, -0.05) is 24.3 Å². The summed E-state index contributed by atoms with van der Waals surface area (Å²) < 4.78 is 2.02. The molecule has 3 rings (SSSR count). The van der Waals surface area contributed by atoms with Crippen molar-refractivity contribution < 1.29 is 0 Å². The number of fused-ring (bicyclic) bond motifs is 1. The van der Waals surface area contributed by atoms with Gasteiger partial charge in [0, 0.05) is 6.20 Å². The molecule has 1 aromatic heterocycles. The van der Waals surface area contributed by atoms with Gasteiger partial charge in [-0.05, 0) is 36.5 Å². The molecule has 2 unspecified atom stereocenters. The Hall–Kier alpha value is -1.61. The quantitative estimate of drug-likeness (QED) is 0.813. The number of aryl methyl sites for hydroxylation is 2. The smallest absolute Gasteiger partial charge is 0.0715 e. The van der Waals surface area contributed by atoms with E-state index in [1.165, 1.54) is 16.7 Å². The molecule has 1 aromatic carbocycles. The molecule has 0 radical (unpaired) electrons. The highest BCUT2D eigenvalue weighted by atomic mass is 15.3. The summed E-state index contributed by atoms with van der Waals surface area (Å²) >= 11 is 0. The van der Waals surface area contributed by atoms with Gasteiger partial charge < -0.3 is 5.73 Å². The van der Waals surface area contributed by atoms with Crippen LogP contribution in [0.5, 0.6) is 0 Å². The topological polar surface area (TPSA) is 43.8 Å². The maximum atomic E-state index is 6.37. The number of benzene rings is 1. The second kappa shape index (κ2) is 4.00. The van der Waals surface area contributed by atoms with Crippen LogP contribution < -0.4 is 5.73 Å². The Kier molecular flexibility index (Phi) is 2.48. The molecule has 1 heterocycles. The molecule has 3 heteroatoms. The van der Waals surface area contributed by atoms with E-state index in [9.17, 15) is 0 Å². The van der Waals surface area contributed by atoms with Crippen molar-refractivity contribution in [1.82, 2.24) is 9.78 Å². The maximum absolute atomic E-state index is 6.37. The van der Waals surface area contributed by atoms with Crippen LogP contribution in [0.25, 0.3) is 0 Å². The second-order valence-electron chi connectivity index (χ2n) is 4.83. The Balaban J connectivity index is 1.96. The molecule has 88 valence electrons. The first-order valence-corrected chi connectivity index (χ1v) is 6.10. The monoisotopic (exact) mass is 227 g/mol. The van der Waals surface area contributed by atoms with Gasteiger partial charge in [-0.25, -0.2) is 0 Å². The number of hydrogen-bond donors (Lipinski definition) is 1. The van der Waals surface area contributed by atoms with Crippen molar-refractivity contribution in [2.75, 3.05) is 0 Å². The molecule has 17 heavy (non-hydrogen) atoms. The summed E-state index contributed by atoms with van der Waals surface area (Å²) in [5, 5.41) is 4.40. The minimum atomic E-state index is 0.0549. The van der Waals surface area contributed by atoms with Crippen molar-refractivity contribution in [3.8, 4) is 0 Å². The number of rotatable bonds is 1. The van der Waals surface area contributed by atoms with Crippen molar-refractivity contribution in [2.45, 2.75) is 31.8 Å². The molecule has 0 fully saturated rings. The van der Waals surface area contributed by atoms with Gasteiger partial charge in [0.1, 0.15) is 0 Å². The molecule has 1 aliphatic carbocycles. The Bertz CT molecular complexity index is 530. The van der Waals surface area contributed by atoms with Crippen LogP contribution in [-0.2, 0) is 6.42 Å². The van der Waals surface area contributed by atoms with Gasteiger partial charge in [-0.15, -0.1) is 0 Å². The van der Waals surface area contributed by atoms with E-state index in [1.54, 1.807) is 0 Å². The fraction of sp³-hybridized carbons (Fsp3) is 0.357. The molecule has 0 spiro atoms. The van der Waals surface area contributed by atoms with Crippen LogP contribution in [0.1, 0.15) is 35.2 Å². The van der Waals surface area contributed by atoms with E-state index in [2.05, 4.69) is 42.5 Å². The van der Waals surface area contributed by atoms with Gasteiger partial charge in [0.25, 0.3) is 0 Å². The van der Waals surface area contributed by atoms with E-state index in [0.717, 1.165) is 12.8 Å². The third-order valence-electron chi connectivity index (χ3n) is 3.61. The summed E-state index contributed by atoms with van der Waals surface area (Å²) in [6.07, 6.45) is 6.14. The molecule has 0 amide bonds. The van der Waals surface area contributed by atoms with E-state index in [-0.39, 0.29) is 6.04 Å². The van der Waals surface area contributed by atoms with E-state index in [4.69, 9.17) is 5.73 Å². The van der Waals surface area contributed by atoms with Crippen LogP contribution in [0.2, 0.25) is 0 Å². The largest absolute Gasteiger partial charge is 0.322 e. The molecule has 0 saturated carbocycles. The molecule has 0 bridgehead atoms. The van der Waals surface area contributed by atoms with Gasteiger partial charge >= 0.3 is 0 Å². The summed E-state index contributed by atoms with van der Waals surface area (Å²) in [5.41, 5.74) is 10.2. The Morgan fingerprint density at radius 3 is 2.94 bits per heavy atom. The molecular weight excluding hydrogens is 210 g/mol. The second-order valence-corrected chi connectivity index (χ2v) is 4.83. The highest BCUT2D eigenvalue weighted by Gasteiger charge is 2.27. The third kappa shape index (κ3) is 1.76. The average Bonchev–Trinajstić information content (AvgIpc) is 2.77. The Morgan fingerprint density at radius 1 is 1.35 bits per heavy atom. The third-order valence-corrected chi connectivity index (χ3v) is 3.61. The molecule has 2 N–H and O–H groups in total. The number of nitrogens with two attached hydrogens (primary N) is 1. The normalized spacial score (nSPS) is 23.4. The van der Waals surface area contributed by atoms with Gasteiger partial charge in [-0.2, -0.15) is 5.10 Å². The van der Waals surface area contributed by atoms with Crippen LogP contribution in [0.3, 0.4) is 0 Å². The first kappa shape index (κ1) is 10.5. The number of hydrogen-bond acceptors (Lipinski definition) is 2. The first-order chi connectivity index (χ1) is 8.25. The zero-order valence-electron chi connectivity index (χ0n) is 10.0. The molecule has 0 aliphatic heterocycles. The molecule has 2 atom stereocenters. The highest BCUT2D eigenvalue weighted by Crippen LogP contribution is 2.35. The Labute approximate surface area is 101 Å². The summed E-state index contributed by atoms with van der Waals surface area (Å²) in [5.74, 6) is 0. The van der Waals surface area contributed by atoms with Crippen molar-refractivity contribution in [3.05, 3.63) is 53.3 Å². The average molecular weight is 227 g/mol. The lowest BCUT2D eigenvalue weighted by atomic mass is 9.84. The standard InChI is InChI=1S/C14H17N3/c1-10-8-16-17(9-10)13-7-6-11-4-2-3-5-12(11)14(13)15/h2-5,8-9,13-14H,6-7,15H2,1H3. The predicted octanol–water partition coefficient (Wildman–Crippen LogP) is 2.38. The zero-order chi connectivity index (χ0) is 11.8. The number of nitrogens with zero attached hydrogens (tertiary/aromatic N) is 2. The maximum Gasteiger partial charge on any atom is 0.0715 e. The fourth-order valence-corrected chi connectivity index (χ4v) is 2.69. The predicted molar refractivity (Wildman–Crippen MR) is 67.7 cm³/mol. The Morgan fingerprint density at radius 2 is 2.18 bits per heavy atom. The van der Waals surface area contributed by atoms with E-state index in [1.807, 2.05) is 10.9 Å². The van der Waals surface area contributed by atoms with Gasteiger partial charge in [0.15, 0.2) is 0 Å². The minimum Gasteiger partial charge on any atom is -0.322 e. The van der Waals surface area contributed by atoms with E-state index in [0.29, 0.717) is 6.04 Å². The lowest BCUT2D eigenvalue weighted by Gasteiger charge is -2.31. The molecular formula is C14H17N3. The molecule has 1 aliphatic rings. The number of aromatic nitrogens is 2. The van der Waals surface area contributed by atoms with E-state index < -0.39 is 0 Å². The summed E-state index contributed by atoms with van der Waals surface area (Å²) in [7, 11) is 0. The molecule has 2 aromatic rings. The molecule has 0 saturated heterocycles. The van der Waals surface area contributed by atoms with Crippen LogP contribution in [0.15, 0.2) is 36.7 Å². The minimum absolute atomic E-state index is 0.0549. The van der Waals surface area contributed by atoms with Crippen LogP contribution in [0, 0.1) is 6.92 Å². The SMILES string of the molecule is Cc1cnn(C2CCc3ccccc3C2N)c1. The van der Waals surface area contributed by atoms with Crippen molar-refractivity contribution in [2.24, 2.45) is 5.73 Å². The van der Waals surface area contributed by atoms with Crippen LogP contribution in [-0.4, -0.2) is 9.78 Å². The summed E-state index contributed by atoms with van der Waals surface area (Å²) in [6.45, 7) is 2.06. The first-order valence-electron chi connectivity index (χ1n) is 6.10. The van der Waals surface area contributed by atoms with Crippen LogP contribution >= 0.6 is 0 Å². The van der Waals surface area contributed by atoms with Gasteiger partial charge in [-0.3, -0.25) is 4.68 Å². The fourth-order valence-electron chi connectivity index (χ4n) is 2.69. The van der Waals surface area contributed by atoms with Crippen LogP contribution in [0.4, 0.5) is 0 Å². The van der Waals surface area contributed by atoms with Gasteiger partial charge in [0.2, 0.25) is 0 Å². The van der Waals surface area contributed by atoms with Gasteiger partial charge in [0.05, 0.1) is 18.3 Å². The zero-order valence-corrected chi connectivity index (χ0v) is 10.0. The molecule has 3 nitrogen and oxygen atoms in total. The summed E-state index contributed by atoms with van der Waals surface area (Å²) in [4.78, 5) is 0. The lowest BCUT2D eigenvalue weighted by Crippen LogP contribution is -2.29. The lowest BCUT2D eigenvalue weighted by molar-refractivity contribution is 0.342. The van der Waals surface area contributed by atoms with Crippen molar-refractivity contribution in [1.29, 1.82) is 0 Å².